The molecule has 0 saturated carbocycles. The van der Waals surface area contributed by atoms with Crippen LogP contribution < -0.4 is 20.4 Å². The van der Waals surface area contributed by atoms with Crippen molar-refractivity contribution < 1.29 is 19.4 Å². The number of anilines is 2. The molecule has 0 aromatic heterocycles. The second-order valence-corrected chi connectivity index (χ2v) is 7.36. The molecule has 2 aliphatic heterocycles. The number of ether oxygens (including phenoxy) is 1. The zero-order valence-electron chi connectivity index (χ0n) is 18.3. The fourth-order valence-corrected chi connectivity index (χ4v) is 3.59. The number of carboxylic acid groups (broad SMARTS) is 1. The number of carbonyl (C=O) groups is 2. The maximum atomic E-state index is 11.3. The quantitative estimate of drug-likeness (QED) is 0.595. The van der Waals surface area contributed by atoms with Gasteiger partial charge in [0.25, 0.3) is 0 Å². The Morgan fingerprint density at radius 2 is 1.12 bits per heavy atom. The maximum absolute atomic E-state index is 11.3. The van der Waals surface area contributed by atoms with Crippen LogP contribution in [0.5, 0.6) is 0 Å². The Hall–Kier alpha value is -2.81. The minimum atomic E-state index is -0.873. The summed E-state index contributed by atoms with van der Waals surface area (Å²) in [6.07, 6.45) is 0. The number of carboxylic acids is 1. The Labute approximate surface area is 195 Å². The van der Waals surface area contributed by atoms with Crippen LogP contribution in [0.4, 0.5) is 11.4 Å². The van der Waals surface area contributed by atoms with Gasteiger partial charge in [0, 0.05) is 63.7 Å². The zero-order valence-corrected chi connectivity index (χ0v) is 19.1. The van der Waals surface area contributed by atoms with Gasteiger partial charge < -0.3 is 30.3 Å². The number of hydrogen-bond acceptors (Lipinski definition) is 7. The van der Waals surface area contributed by atoms with Crippen LogP contribution in [0.15, 0.2) is 48.5 Å². The van der Waals surface area contributed by atoms with Gasteiger partial charge in [0.15, 0.2) is 0 Å². The van der Waals surface area contributed by atoms with Crippen molar-refractivity contribution in [3.05, 3.63) is 59.7 Å². The number of aromatic carboxylic acids is 1. The van der Waals surface area contributed by atoms with E-state index in [1.165, 1.54) is 7.11 Å². The smallest absolute Gasteiger partial charge is 0.337 e. The van der Waals surface area contributed by atoms with E-state index in [-0.39, 0.29) is 18.4 Å². The summed E-state index contributed by atoms with van der Waals surface area (Å²) in [5.41, 5.74) is 3.20. The van der Waals surface area contributed by atoms with Gasteiger partial charge in [0.05, 0.1) is 18.2 Å². The van der Waals surface area contributed by atoms with Crippen LogP contribution in [0.2, 0.25) is 0 Å². The largest absolute Gasteiger partial charge is 0.478 e. The Morgan fingerprint density at radius 3 is 1.47 bits per heavy atom. The number of hydrogen-bond donors (Lipinski definition) is 3. The summed E-state index contributed by atoms with van der Waals surface area (Å²) < 4.78 is 4.66. The van der Waals surface area contributed by atoms with Gasteiger partial charge in [-0.3, -0.25) is 0 Å². The van der Waals surface area contributed by atoms with E-state index in [9.17, 15) is 9.59 Å². The highest BCUT2D eigenvalue weighted by molar-refractivity contribution is 5.89. The molecule has 0 bridgehead atoms. The van der Waals surface area contributed by atoms with Crippen molar-refractivity contribution in [2.75, 3.05) is 69.3 Å². The van der Waals surface area contributed by atoms with Crippen molar-refractivity contribution in [1.82, 2.24) is 10.6 Å². The Balaban J connectivity index is 0.000000220. The number of benzene rings is 2. The molecule has 0 radical (unpaired) electrons. The van der Waals surface area contributed by atoms with Gasteiger partial charge in [-0.15, -0.1) is 12.4 Å². The predicted molar refractivity (Wildman–Crippen MR) is 129 cm³/mol. The second kappa shape index (κ2) is 12.9. The molecule has 2 saturated heterocycles. The summed E-state index contributed by atoms with van der Waals surface area (Å²) in [4.78, 5) is 26.5. The van der Waals surface area contributed by atoms with E-state index in [1.807, 2.05) is 36.4 Å². The summed E-state index contributed by atoms with van der Waals surface area (Å²) in [6, 6.07) is 14.6. The lowest BCUT2D eigenvalue weighted by molar-refractivity contribution is 0.0600. The normalized spacial score (nSPS) is 15.7. The lowest BCUT2D eigenvalue weighted by atomic mass is 10.2. The summed E-state index contributed by atoms with van der Waals surface area (Å²) in [5.74, 6) is -1.16. The number of esters is 1. The molecule has 0 aliphatic carbocycles. The van der Waals surface area contributed by atoms with Crippen LogP contribution in [0.25, 0.3) is 0 Å². The highest BCUT2D eigenvalue weighted by Gasteiger charge is 2.12. The summed E-state index contributed by atoms with van der Waals surface area (Å²) in [5, 5.41) is 15.3. The second-order valence-electron chi connectivity index (χ2n) is 7.36. The summed E-state index contributed by atoms with van der Waals surface area (Å²) in [7, 11) is 1.40. The molecule has 32 heavy (non-hydrogen) atoms. The first-order valence-corrected chi connectivity index (χ1v) is 10.5. The average Bonchev–Trinajstić information content (AvgIpc) is 2.85. The van der Waals surface area contributed by atoms with Crippen LogP contribution in [-0.4, -0.2) is 76.5 Å². The molecule has 0 atom stereocenters. The van der Waals surface area contributed by atoms with Crippen LogP contribution in [0.3, 0.4) is 0 Å². The number of piperazine rings is 2. The fraction of sp³-hybridized carbons (Fsp3) is 0.391. The average molecular weight is 463 g/mol. The molecule has 2 aromatic carbocycles. The van der Waals surface area contributed by atoms with E-state index in [2.05, 4.69) is 25.2 Å². The maximum Gasteiger partial charge on any atom is 0.337 e. The predicted octanol–water partition coefficient (Wildman–Crippen LogP) is 2.10. The van der Waals surface area contributed by atoms with Crippen molar-refractivity contribution in [3.8, 4) is 0 Å². The SMILES string of the molecule is COC(=O)c1ccc(N2CCNCC2)cc1.Cl.O=C(O)c1ccc(N2CCNCC2)cc1. The summed E-state index contributed by atoms with van der Waals surface area (Å²) in [6.45, 7) is 7.98. The van der Waals surface area contributed by atoms with E-state index in [0.29, 0.717) is 11.1 Å². The molecule has 174 valence electrons. The van der Waals surface area contributed by atoms with E-state index >= 15 is 0 Å². The van der Waals surface area contributed by atoms with Crippen LogP contribution in [0.1, 0.15) is 20.7 Å². The van der Waals surface area contributed by atoms with E-state index < -0.39 is 5.97 Å². The number of nitrogens with zero attached hydrogens (tertiary/aromatic N) is 2. The molecular formula is C23H31ClN4O4. The van der Waals surface area contributed by atoms with Gasteiger partial charge in [0.2, 0.25) is 0 Å². The third kappa shape index (κ3) is 7.12. The molecule has 2 aromatic rings. The number of carbonyl (C=O) groups excluding carboxylic acids is 1. The van der Waals surface area contributed by atoms with Crippen molar-refractivity contribution in [1.29, 1.82) is 0 Å². The van der Waals surface area contributed by atoms with Crippen molar-refractivity contribution >= 4 is 35.7 Å². The molecular weight excluding hydrogens is 432 g/mol. The molecule has 3 N–H and O–H groups in total. The lowest BCUT2D eigenvalue weighted by Crippen LogP contribution is -2.43. The standard InChI is InChI=1S/C12H16N2O2.C11H14N2O2.ClH/c1-16-12(15)10-2-4-11(5-3-10)14-8-6-13-7-9-14;14-11(15)9-1-3-10(4-2-9)13-7-5-12-6-8-13;/h2-5,13H,6-9H2,1H3;1-4,12H,5-8H2,(H,14,15);1H. The summed E-state index contributed by atoms with van der Waals surface area (Å²) >= 11 is 0. The van der Waals surface area contributed by atoms with Gasteiger partial charge in [-0.25, -0.2) is 9.59 Å². The van der Waals surface area contributed by atoms with Gasteiger partial charge >= 0.3 is 11.9 Å². The van der Waals surface area contributed by atoms with Crippen molar-refractivity contribution in [2.24, 2.45) is 0 Å². The molecule has 0 unspecified atom stereocenters. The Kier molecular flexibility index (Phi) is 10.3. The first-order valence-electron chi connectivity index (χ1n) is 10.5. The van der Waals surface area contributed by atoms with Crippen molar-refractivity contribution in [2.45, 2.75) is 0 Å². The van der Waals surface area contributed by atoms with Crippen LogP contribution >= 0.6 is 12.4 Å². The Morgan fingerprint density at radius 1 is 0.750 bits per heavy atom. The van der Waals surface area contributed by atoms with E-state index in [1.54, 1.807) is 12.1 Å². The molecule has 8 nitrogen and oxygen atoms in total. The molecule has 2 fully saturated rings. The third-order valence-electron chi connectivity index (χ3n) is 5.37. The van der Waals surface area contributed by atoms with Gasteiger partial charge in [0.1, 0.15) is 0 Å². The van der Waals surface area contributed by atoms with Crippen LogP contribution in [-0.2, 0) is 4.74 Å². The minimum absolute atomic E-state index is 0. The molecule has 4 rings (SSSR count). The number of halogens is 1. The molecule has 2 aliphatic rings. The molecule has 9 heteroatoms. The van der Waals surface area contributed by atoms with Gasteiger partial charge in [-0.2, -0.15) is 0 Å². The number of rotatable bonds is 4. The fourth-order valence-electron chi connectivity index (χ4n) is 3.59. The number of methoxy groups -OCH3 is 1. The topological polar surface area (TPSA) is 94.1 Å². The Bertz CT molecular complexity index is 849. The first-order chi connectivity index (χ1) is 15.1. The molecule has 0 amide bonds. The highest BCUT2D eigenvalue weighted by atomic mass is 35.5. The zero-order chi connectivity index (χ0) is 22.1. The number of nitrogens with one attached hydrogen (secondary N) is 2. The third-order valence-corrected chi connectivity index (χ3v) is 5.37. The highest BCUT2D eigenvalue weighted by Crippen LogP contribution is 2.17. The first kappa shape index (κ1) is 25.5. The molecule has 0 spiro atoms. The van der Waals surface area contributed by atoms with E-state index in [4.69, 9.17) is 5.11 Å². The monoisotopic (exact) mass is 462 g/mol. The van der Waals surface area contributed by atoms with Gasteiger partial charge in [-0.05, 0) is 48.5 Å². The molecule has 2 heterocycles. The van der Waals surface area contributed by atoms with Gasteiger partial charge in [-0.1, -0.05) is 0 Å². The van der Waals surface area contributed by atoms with E-state index in [0.717, 1.165) is 63.7 Å². The van der Waals surface area contributed by atoms with Crippen molar-refractivity contribution in [3.63, 3.8) is 0 Å². The van der Waals surface area contributed by atoms with Crippen LogP contribution in [0, 0.1) is 0 Å². The lowest BCUT2D eigenvalue weighted by Gasteiger charge is -2.29. The minimum Gasteiger partial charge on any atom is -0.478 e.